The first kappa shape index (κ1) is 14.3. The van der Waals surface area contributed by atoms with Crippen molar-refractivity contribution in [3.05, 3.63) is 25.1 Å². The zero-order valence-electron chi connectivity index (χ0n) is 7.71. The van der Waals surface area contributed by atoms with Gasteiger partial charge in [0.25, 0.3) is 0 Å². The van der Waals surface area contributed by atoms with Crippen LogP contribution in [0.3, 0.4) is 0 Å². The van der Waals surface area contributed by atoms with Gasteiger partial charge in [0.15, 0.2) is 0 Å². The predicted molar refractivity (Wildman–Crippen MR) is 47.9 cm³/mol. The van der Waals surface area contributed by atoms with Crippen molar-refractivity contribution in [2.24, 2.45) is 11.5 Å². The zero-order chi connectivity index (χ0) is 11.4. The van der Waals surface area contributed by atoms with Gasteiger partial charge in [-0.25, -0.2) is 19.7 Å². The number of hydrogen-bond donors (Lipinski definition) is 2. The lowest BCUT2D eigenvalue weighted by Crippen LogP contribution is -2.18. The molecule has 1 aromatic heterocycles. The molecule has 14 heavy (non-hydrogen) atoms. The van der Waals surface area contributed by atoms with E-state index in [9.17, 15) is 0 Å². The maximum absolute atomic E-state index is 9.00. The van der Waals surface area contributed by atoms with Crippen molar-refractivity contribution >= 4 is 6.03 Å². The Labute approximate surface area is 81.8 Å². The molecule has 7 nitrogen and oxygen atoms in total. The van der Waals surface area contributed by atoms with Crippen LogP contribution in [0.5, 0.6) is 0 Å². The third-order valence-electron chi connectivity index (χ3n) is 0.863. The smallest absolute Gasteiger partial charge is 0.309 e. The molecule has 0 radical (unpaired) electrons. The summed E-state index contributed by atoms with van der Waals surface area (Å²) >= 11 is 0. The van der Waals surface area contributed by atoms with Crippen LogP contribution in [-0.2, 0) is 6.42 Å². The molecule has 0 aromatic carbocycles. The largest absolute Gasteiger partial charge is 0.512 e. The van der Waals surface area contributed by atoms with Gasteiger partial charge >= 0.3 is 6.03 Å². The zero-order valence-corrected chi connectivity index (χ0v) is 7.71. The number of rotatable bonds is 1. The van der Waals surface area contributed by atoms with Crippen molar-refractivity contribution in [2.45, 2.75) is 13.3 Å². The lowest BCUT2D eigenvalue weighted by atomic mass is 10.5. The van der Waals surface area contributed by atoms with Crippen LogP contribution in [0.2, 0.25) is 0 Å². The summed E-state index contributed by atoms with van der Waals surface area (Å²) in [4.78, 5) is 20.4. The lowest BCUT2D eigenvalue weighted by molar-refractivity contribution is 0.256. The fraction of sp³-hybridized carbons (Fsp3) is 0.286. The van der Waals surface area contributed by atoms with Gasteiger partial charge in [-0.3, -0.25) is 0 Å². The maximum Gasteiger partial charge on any atom is 0.309 e. The van der Waals surface area contributed by atoms with E-state index < -0.39 is 6.03 Å². The summed E-state index contributed by atoms with van der Waals surface area (Å²) < 4.78 is 0. The van der Waals surface area contributed by atoms with Crippen LogP contribution < -0.4 is 11.5 Å². The Morgan fingerprint density at radius 1 is 1.43 bits per heavy atom. The number of carbonyl (C=O) groups excluding carboxylic acids is 1. The molecule has 0 unspecified atom stereocenters. The molecule has 7 heteroatoms. The van der Waals surface area contributed by atoms with Crippen LogP contribution >= 0.6 is 0 Å². The Hall–Kier alpha value is -2.23. The van der Waals surface area contributed by atoms with Gasteiger partial charge < -0.3 is 23.3 Å². The number of aromatic nitrogens is 3. The van der Waals surface area contributed by atoms with E-state index in [0.717, 1.165) is 12.2 Å². The number of amides is 2. The second-order valence-electron chi connectivity index (χ2n) is 1.81. The maximum atomic E-state index is 9.00. The number of nitrogens with two attached hydrogens (primary N) is 2. The lowest BCUT2D eigenvalue weighted by Gasteiger charge is -1.87. The van der Waals surface area contributed by atoms with E-state index in [1.165, 1.54) is 12.7 Å². The Bertz CT molecular complexity index is 255. The normalized spacial score (nSPS) is 7.07. The van der Waals surface area contributed by atoms with Gasteiger partial charge in [-0.05, 0) is 0 Å². The molecular formula is C7H11N6O-. The molecule has 0 saturated carbocycles. The molecule has 2 amide bonds. The first-order chi connectivity index (χ1) is 6.66. The minimum Gasteiger partial charge on any atom is -0.512 e. The highest BCUT2D eigenvalue weighted by Crippen LogP contribution is 1.82. The predicted octanol–water partition coefficient (Wildman–Crippen LogP) is -0.446. The molecule has 0 saturated heterocycles. The van der Waals surface area contributed by atoms with Gasteiger partial charge in [-0.1, -0.05) is 6.92 Å². The van der Waals surface area contributed by atoms with E-state index in [0.29, 0.717) is 0 Å². The van der Waals surface area contributed by atoms with Crippen LogP contribution in [0.15, 0.2) is 12.7 Å². The average molecular weight is 195 g/mol. The number of urea groups is 1. The minimum atomic E-state index is -0.833. The van der Waals surface area contributed by atoms with Gasteiger partial charge in [0, 0.05) is 6.42 Å². The van der Waals surface area contributed by atoms with Crippen molar-refractivity contribution in [2.75, 3.05) is 0 Å². The van der Waals surface area contributed by atoms with E-state index in [-0.39, 0.29) is 0 Å². The van der Waals surface area contributed by atoms with E-state index in [1.54, 1.807) is 0 Å². The van der Waals surface area contributed by atoms with Crippen molar-refractivity contribution in [1.29, 1.82) is 5.26 Å². The van der Waals surface area contributed by atoms with Crippen molar-refractivity contribution in [3.8, 4) is 0 Å². The van der Waals surface area contributed by atoms with E-state index in [4.69, 9.17) is 16.6 Å². The summed E-state index contributed by atoms with van der Waals surface area (Å²) in [7, 11) is 0. The molecule has 0 aliphatic rings. The number of aryl methyl sites for hydroxylation is 1. The van der Waals surface area contributed by atoms with Gasteiger partial charge in [-0.2, -0.15) is 0 Å². The Balaban J connectivity index is 0. The third-order valence-corrected chi connectivity index (χ3v) is 0.863. The highest BCUT2D eigenvalue weighted by molar-refractivity contribution is 5.69. The van der Waals surface area contributed by atoms with Gasteiger partial charge in [-0.15, -0.1) is 0 Å². The molecule has 1 aromatic rings. The number of nitrogens with zero attached hydrogens (tertiary/aromatic N) is 4. The fourth-order valence-electron chi connectivity index (χ4n) is 0.446. The van der Waals surface area contributed by atoms with E-state index in [2.05, 4.69) is 26.4 Å². The van der Waals surface area contributed by atoms with E-state index in [1.807, 2.05) is 6.92 Å². The molecule has 0 aliphatic carbocycles. The summed E-state index contributed by atoms with van der Waals surface area (Å²) in [6.07, 6.45) is 3.89. The summed E-state index contributed by atoms with van der Waals surface area (Å²) in [5.41, 5.74) is 8.50. The Morgan fingerprint density at radius 3 is 2.00 bits per heavy atom. The van der Waals surface area contributed by atoms with Gasteiger partial charge in [0.2, 0.25) is 0 Å². The van der Waals surface area contributed by atoms with Crippen LogP contribution in [0.4, 0.5) is 4.79 Å². The quantitative estimate of drug-likeness (QED) is 0.586. The number of carbonyl (C=O) groups is 1. The molecule has 0 bridgehead atoms. The molecule has 1 rings (SSSR count). The first-order valence-electron chi connectivity index (χ1n) is 3.55. The summed E-state index contributed by atoms with van der Waals surface area (Å²) in [5, 5.41) is 6.25. The molecule has 76 valence electrons. The van der Waals surface area contributed by atoms with Crippen molar-refractivity contribution in [1.82, 2.24) is 15.0 Å². The minimum absolute atomic E-state index is 0.833. The second-order valence-corrected chi connectivity index (χ2v) is 1.81. The molecule has 0 atom stereocenters. The van der Waals surface area contributed by atoms with Crippen LogP contribution in [0, 0.1) is 11.8 Å². The van der Waals surface area contributed by atoms with Crippen molar-refractivity contribution < 1.29 is 4.79 Å². The Kier molecular flexibility index (Phi) is 11.0. The molecule has 0 fully saturated rings. The summed E-state index contributed by atoms with van der Waals surface area (Å²) in [5.74, 6) is 0.847. The third kappa shape index (κ3) is 12.4. The number of hydrogen-bond acceptors (Lipinski definition) is 5. The fourth-order valence-corrected chi connectivity index (χ4v) is 0.446. The SMILES string of the molecule is CCc1ncncn1.NC(N)=O.[C-]#N. The highest BCUT2D eigenvalue weighted by Gasteiger charge is 1.84. The van der Waals surface area contributed by atoms with Crippen molar-refractivity contribution in [3.63, 3.8) is 0 Å². The number of primary amides is 2. The summed E-state index contributed by atoms with van der Waals surface area (Å²) in [6, 6.07) is -0.833. The standard InChI is InChI=1S/C5H7N3.CH4N2O.CN/c1-2-5-7-3-6-4-8-5;2-1(3)4;1-2/h3-4H,2H2,1H3;(H4,2,3,4);/q;;-1. The molecule has 1 heterocycles. The molecule has 0 spiro atoms. The monoisotopic (exact) mass is 195 g/mol. The first-order valence-corrected chi connectivity index (χ1v) is 3.55. The molecule has 0 aliphatic heterocycles. The summed E-state index contributed by atoms with van der Waals surface area (Å²) in [6.45, 7) is 6.76. The molecular weight excluding hydrogens is 184 g/mol. The topological polar surface area (TPSA) is 132 Å². The molecule has 4 N–H and O–H groups in total. The van der Waals surface area contributed by atoms with Crippen LogP contribution in [-0.4, -0.2) is 21.0 Å². The van der Waals surface area contributed by atoms with E-state index >= 15 is 0 Å². The Morgan fingerprint density at radius 2 is 1.79 bits per heavy atom. The highest BCUT2D eigenvalue weighted by atomic mass is 16.2. The second kappa shape index (κ2) is 10.8. The van der Waals surface area contributed by atoms with Crippen LogP contribution in [0.1, 0.15) is 12.7 Å². The van der Waals surface area contributed by atoms with Crippen LogP contribution in [0.25, 0.3) is 0 Å². The van der Waals surface area contributed by atoms with Gasteiger partial charge in [0.1, 0.15) is 18.5 Å². The average Bonchev–Trinajstić information content (AvgIpc) is 2.21. The van der Waals surface area contributed by atoms with Gasteiger partial charge in [0.05, 0.1) is 0 Å².